The largest absolute Gasteiger partial charge is 0.495 e. The van der Waals surface area contributed by atoms with Gasteiger partial charge in [-0.25, -0.2) is 9.59 Å². The Morgan fingerprint density at radius 3 is 2.52 bits per heavy atom. The number of methoxy groups -OCH3 is 1. The fourth-order valence-electron chi connectivity index (χ4n) is 2.51. The molecule has 1 aromatic heterocycles. The second-order valence-electron chi connectivity index (χ2n) is 5.21. The molecule has 7 nitrogen and oxygen atoms in total. The zero-order chi connectivity index (χ0) is 18.0. The van der Waals surface area contributed by atoms with Crippen LogP contribution in [0.4, 0.5) is 11.4 Å². The highest BCUT2D eigenvalue weighted by molar-refractivity contribution is 6.07. The molecule has 126 valence electrons. The van der Waals surface area contributed by atoms with Crippen molar-refractivity contribution in [1.29, 1.82) is 0 Å². The summed E-state index contributed by atoms with van der Waals surface area (Å²) in [7, 11) is 1.51. The molecule has 0 fully saturated rings. The van der Waals surface area contributed by atoms with Crippen LogP contribution in [0.25, 0.3) is 10.9 Å². The van der Waals surface area contributed by atoms with E-state index >= 15 is 0 Å². The van der Waals surface area contributed by atoms with Crippen molar-refractivity contribution in [2.75, 3.05) is 12.4 Å². The first kappa shape index (κ1) is 16.3. The average Bonchev–Trinajstić information content (AvgIpc) is 2.61. The molecule has 2 aromatic carbocycles. The standard InChI is InChI=1S/C18H14N2O5/c1-25-15-5-3-2-4-14(15)20-16-11-8-10(17(21)22)6-7-13(11)19-9-12(16)18(23)24/h2-9H,1H3,(H,19,20)(H,21,22)(H,23,24). The first-order valence-corrected chi connectivity index (χ1v) is 7.30. The van der Waals surface area contributed by atoms with Crippen LogP contribution < -0.4 is 10.1 Å². The number of aromatic nitrogens is 1. The maximum absolute atomic E-state index is 11.6. The van der Waals surface area contributed by atoms with Gasteiger partial charge in [-0.2, -0.15) is 0 Å². The summed E-state index contributed by atoms with van der Waals surface area (Å²) in [5, 5.41) is 22.1. The van der Waals surface area contributed by atoms with Crippen LogP contribution in [0, 0.1) is 0 Å². The molecule has 25 heavy (non-hydrogen) atoms. The van der Waals surface area contributed by atoms with E-state index in [0.29, 0.717) is 22.3 Å². The molecule has 0 bridgehead atoms. The van der Waals surface area contributed by atoms with Crippen LogP contribution in [0.3, 0.4) is 0 Å². The van der Waals surface area contributed by atoms with Gasteiger partial charge in [0.05, 0.1) is 29.6 Å². The molecule has 0 radical (unpaired) electrons. The molecule has 0 saturated carbocycles. The van der Waals surface area contributed by atoms with Gasteiger partial charge in [0.1, 0.15) is 11.3 Å². The summed E-state index contributed by atoms with van der Waals surface area (Å²) in [6.45, 7) is 0. The molecule has 0 spiro atoms. The van der Waals surface area contributed by atoms with Crippen molar-refractivity contribution in [2.24, 2.45) is 0 Å². The van der Waals surface area contributed by atoms with Gasteiger partial charge in [-0.1, -0.05) is 12.1 Å². The first-order chi connectivity index (χ1) is 12.0. The predicted molar refractivity (Wildman–Crippen MR) is 91.9 cm³/mol. The van der Waals surface area contributed by atoms with Gasteiger partial charge < -0.3 is 20.3 Å². The number of pyridine rings is 1. The van der Waals surface area contributed by atoms with E-state index in [0.717, 1.165) is 0 Å². The lowest BCUT2D eigenvalue weighted by atomic mass is 10.1. The Balaban J connectivity index is 2.25. The number of ether oxygens (including phenoxy) is 1. The molecule has 3 rings (SSSR count). The van der Waals surface area contributed by atoms with Crippen LogP contribution in [0.1, 0.15) is 20.7 Å². The van der Waals surface area contributed by atoms with E-state index in [1.54, 1.807) is 24.3 Å². The van der Waals surface area contributed by atoms with Gasteiger partial charge in [0.25, 0.3) is 0 Å². The second kappa shape index (κ2) is 6.48. The number of para-hydroxylation sites is 2. The maximum Gasteiger partial charge on any atom is 0.339 e. The van der Waals surface area contributed by atoms with E-state index in [2.05, 4.69) is 10.3 Å². The summed E-state index contributed by atoms with van der Waals surface area (Å²) in [6, 6.07) is 11.4. The first-order valence-electron chi connectivity index (χ1n) is 7.30. The number of hydrogen-bond donors (Lipinski definition) is 3. The topological polar surface area (TPSA) is 109 Å². The van der Waals surface area contributed by atoms with Gasteiger partial charge in [-0.05, 0) is 30.3 Å². The third kappa shape index (κ3) is 3.07. The number of carboxylic acid groups (broad SMARTS) is 2. The molecule has 7 heteroatoms. The van der Waals surface area contributed by atoms with Crippen molar-refractivity contribution in [3.63, 3.8) is 0 Å². The minimum absolute atomic E-state index is 0.0416. The molecule has 0 aliphatic rings. The van der Waals surface area contributed by atoms with Gasteiger partial charge in [-0.15, -0.1) is 0 Å². The number of fused-ring (bicyclic) bond motifs is 1. The molecule has 0 amide bonds. The molecule has 0 aliphatic carbocycles. The van der Waals surface area contributed by atoms with Gasteiger partial charge in [0.2, 0.25) is 0 Å². The zero-order valence-electron chi connectivity index (χ0n) is 13.2. The average molecular weight is 338 g/mol. The summed E-state index contributed by atoms with van der Waals surface area (Å²) in [5.74, 6) is -1.75. The lowest BCUT2D eigenvalue weighted by molar-refractivity contribution is 0.0687. The van der Waals surface area contributed by atoms with Crippen molar-refractivity contribution < 1.29 is 24.5 Å². The lowest BCUT2D eigenvalue weighted by Gasteiger charge is -2.15. The number of hydrogen-bond acceptors (Lipinski definition) is 5. The van der Waals surface area contributed by atoms with Crippen LogP contribution in [0.15, 0.2) is 48.7 Å². The van der Waals surface area contributed by atoms with E-state index in [-0.39, 0.29) is 16.8 Å². The van der Waals surface area contributed by atoms with Crippen molar-refractivity contribution in [3.8, 4) is 5.75 Å². The lowest BCUT2D eigenvalue weighted by Crippen LogP contribution is -2.06. The molecule has 0 aliphatic heterocycles. The highest BCUT2D eigenvalue weighted by Gasteiger charge is 2.17. The smallest absolute Gasteiger partial charge is 0.339 e. The number of carbonyl (C=O) groups is 2. The van der Waals surface area contributed by atoms with Crippen LogP contribution in [0.5, 0.6) is 5.75 Å². The molecule has 0 unspecified atom stereocenters. The number of carboxylic acids is 2. The Hall–Kier alpha value is -3.61. The van der Waals surface area contributed by atoms with E-state index in [1.807, 2.05) is 0 Å². The Bertz CT molecular complexity index is 979. The molecule has 1 heterocycles. The highest BCUT2D eigenvalue weighted by Crippen LogP contribution is 2.33. The van der Waals surface area contributed by atoms with E-state index in [4.69, 9.17) is 4.74 Å². The van der Waals surface area contributed by atoms with Crippen LogP contribution in [-0.2, 0) is 0 Å². The number of nitrogens with zero attached hydrogens (tertiary/aromatic N) is 1. The molecular formula is C18H14N2O5. The van der Waals surface area contributed by atoms with Crippen LogP contribution in [-0.4, -0.2) is 34.2 Å². The summed E-state index contributed by atoms with van der Waals surface area (Å²) in [5.41, 5.74) is 1.26. The Morgan fingerprint density at radius 1 is 1.08 bits per heavy atom. The Kier molecular flexibility index (Phi) is 4.21. The van der Waals surface area contributed by atoms with E-state index in [9.17, 15) is 19.8 Å². The van der Waals surface area contributed by atoms with Gasteiger partial charge in [0.15, 0.2) is 0 Å². The quantitative estimate of drug-likeness (QED) is 0.654. The van der Waals surface area contributed by atoms with Crippen molar-refractivity contribution in [3.05, 3.63) is 59.8 Å². The highest BCUT2D eigenvalue weighted by atomic mass is 16.5. The number of nitrogens with one attached hydrogen (secondary N) is 1. The fraction of sp³-hybridized carbons (Fsp3) is 0.0556. The molecular weight excluding hydrogens is 324 g/mol. The van der Waals surface area contributed by atoms with Crippen LogP contribution in [0.2, 0.25) is 0 Å². The van der Waals surface area contributed by atoms with Gasteiger partial charge in [-0.3, -0.25) is 4.98 Å². The number of aromatic carboxylic acids is 2. The van der Waals surface area contributed by atoms with Crippen LogP contribution >= 0.6 is 0 Å². The summed E-state index contributed by atoms with van der Waals surface area (Å²) < 4.78 is 5.27. The number of benzene rings is 2. The minimum atomic E-state index is -1.17. The van der Waals surface area contributed by atoms with Crippen molar-refractivity contribution in [1.82, 2.24) is 4.98 Å². The maximum atomic E-state index is 11.6. The Labute approximate surface area is 142 Å². The minimum Gasteiger partial charge on any atom is -0.495 e. The SMILES string of the molecule is COc1ccccc1Nc1c(C(=O)O)cnc2ccc(C(=O)O)cc12. The molecule has 0 saturated heterocycles. The third-order valence-electron chi connectivity index (χ3n) is 3.71. The van der Waals surface area contributed by atoms with E-state index < -0.39 is 11.9 Å². The van der Waals surface area contributed by atoms with Gasteiger partial charge >= 0.3 is 11.9 Å². The zero-order valence-corrected chi connectivity index (χ0v) is 13.2. The summed E-state index contributed by atoms with van der Waals surface area (Å²) in [6.07, 6.45) is 1.24. The molecule has 3 aromatic rings. The molecule has 3 N–H and O–H groups in total. The third-order valence-corrected chi connectivity index (χ3v) is 3.71. The molecule has 0 atom stereocenters. The number of anilines is 2. The fourth-order valence-corrected chi connectivity index (χ4v) is 2.51. The monoisotopic (exact) mass is 338 g/mol. The van der Waals surface area contributed by atoms with Crippen molar-refractivity contribution >= 4 is 34.2 Å². The summed E-state index contributed by atoms with van der Waals surface area (Å²) in [4.78, 5) is 27.0. The second-order valence-corrected chi connectivity index (χ2v) is 5.21. The normalized spacial score (nSPS) is 10.4. The van der Waals surface area contributed by atoms with Gasteiger partial charge in [0, 0.05) is 11.6 Å². The Morgan fingerprint density at radius 2 is 1.84 bits per heavy atom. The summed E-state index contributed by atoms with van der Waals surface area (Å²) >= 11 is 0. The predicted octanol–water partition coefficient (Wildman–Crippen LogP) is 3.38. The van der Waals surface area contributed by atoms with E-state index in [1.165, 1.54) is 31.5 Å². The van der Waals surface area contributed by atoms with Crippen molar-refractivity contribution in [2.45, 2.75) is 0 Å². The number of rotatable bonds is 5.